The van der Waals surface area contributed by atoms with Crippen LogP contribution < -0.4 is 15.5 Å². The lowest BCUT2D eigenvalue weighted by Gasteiger charge is -2.19. The summed E-state index contributed by atoms with van der Waals surface area (Å²) in [4.78, 5) is 22.6. The number of carbonyl (C=O) groups is 1. The van der Waals surface area contributed by atoms with E-state index in [1.807, 2.05) is 31.2 Å². The molecule has 2 aromatic rings. The second-order valence-corrected chi connectivity index (χ2v) is 6.27. The van der Waals surface area contributed by atoms with Crippen LogP contribution in [-0.2, 0) is 6.54 Å². The number of aromatic nitrogens is 2. The van der Waals surface area contributed by atoms with E-state index in [1.165, 1.54) is 0 Å². The molecule has 1 fully saturated rings. The molecular weight excluding hydrogens is 326 g/mol. The zero-order valence-corrected chi connectivity index (χ0v) is 14.3. The molecule has 0 aliphatic carbocycles. The number of carbonyl (C=O) groups excluding carboxylic acids is 1. The largest absolute Gasteiger partial charge is 0.369 e. The third-order valence-electron chi connectivity index (χ3n) is 3.96. The molecule has 0 spiro atoms. The number of benzene rings is 1. The Hall–Kier alpha value is -2.34. The maximum absolute atomic E-state index is 12.0. The third kappa shape index (κ3) is 4.35. The van der Waals surface area contributed by atoms with Gasteiger partial charge < -0.3 is 15.5 Å². The second kappa shape index (κ2) is 7.49. The SMILES string of the molecule is Cc1nccc(CNC(=O)N[C@@H]2CCN(c3cccc(Cl)c3)C2)n1. The van der Waals surface area contributed by atoms with E-state index in [1.54, 1.807) is 12.3 Å². The molecule has 0 radical (unpaired) electrons. The van der Waals surface area contributed by atoms with Crippen LogP contribution in [0.15, 0.2) is 36.5 Å². The van der Waals surface area contributed by atoms with Crippen molar-refractivity contribution >= 4 is 23.3 Å². The predicted octanol–water partition coefficient (Wildman–Crippen LogP) is 2.52. The average Bonchev–Trinajstić information content (AvgIpc) is 3.01. The Bertz CT molecular complexity index is 724. The topological polar surface area (TPSA) is 70.2 Å². The van der Waals surface area contributed by atoms with Gasteiger partial charge in [0.05, 0.1) is 12.2 Å². The minimum atomic E-state index is -0.177. The van der Waals surface area contributed by atoms with E-state index in [0.29, 0.717) is 12.4 Å². The minimum Gasteiger partial charge on any atom is -0.369 e. The number of urea groups is 1. The van der Waals surface area contributed by atoms with Crippen LogP contribution in [0.4, 0.5) is 10.5 Å². The summed E-state index contributed by atoms with van der Waals surface area (Å²) in [6, 6.07) is 9.52. The predicted molar refractivity (Wildman–Crippen MR) is 94.2 cm³/mol. The van der Waals surface area contributed by atoms with E-state index >= 15 is 0 Å². The molecule has 126 valence electrons. The normalized spacial score (nSPS) is 16.9. The molecule has 0 unspecified atom stereocenters. The first-order valence-corrected chi connectivity index (χ1v) is 8.31. The molecule has 1 atom stereocenters. The fraction of sp³-hybridized carbons (Fsp3) is 0.353. The molecule has 3 rings (SSSR count). The number of rotatable bonds is 4. The summed E-state index contributed by atoms with van der Waals surface area (Å²) in [5.41, 5.74) is 1.88. The van der Waals surface area contributed by atoms with Gasteiger partial charge in [0.2, 0.25) is 0 Å². The van der Waals surface area contributed by atoms with Crippen molar-refractivity contribution in [2.24, 2.45) is 0 Å². The highest BCUT2D eigenvalue weighted by Crippen LogP contribution is 2.23. The molecule has 2 amide bonds. The van der Waals surface area contributed by atoms with E-state index in [4.69, 9.17) is 11.6 Å². The van der Waals surface area contributed by atoms with E-state index in [9.17, 15) is 4.79 Å². The summed E-state index contributed by atoms with van der Waals surface area (Å²) < 4.78 is 0. The second-order valence-electron chi connectivity index (χ2n) is 5.83. The molecule has 1 aromatic carbocycles. The Kier molecular flexibility index (Phi) is 5.15. The van der Waals surface area contributed by atoms with Crippen LogP contribution >= 0.6 is 11.6 Å². The Balaban J connectivity index is 1.47. The lowest BCUT2D eigenvalue weighted by atomic mass is 10.3. The fourth-order valence-electron chi connectivity index (χ4n) is 2.80. The number of nitrogens with zero attached hydrogens (tertiary/aromatic N) is 3. The molecule has 6 nitrogen and oxygen atoms in total. The number of nitrogens with one attached hydrogen (secondary N) is 2. The van der Waals surface area contributed by atoms with Gasteiger partial charge in [-0.15, -0.1) is 0 Å². The highest BCUT2D eigenvalue weighted by molar-refractivity contribution is 6.30. The van der Waals surface area contributed by atoms with Crippen molar-refractivity contribution < 1.29 is 4.79 Å². The zero-order valence-electron chi connectivity index (χ0n) is 13.5. The Morgan fingerprint density at radius 2 is 2.29 bits per heavy atom. The summed E-state index contributed by atoms with van der Waals surface area (Å²) in [6.07, 6.45) is 2.60. The van der Waals surface area contributed by atoms with Gasteiger partial charge in [0, 0.05) is 36.0 Å². The lowest BCUT2D eigenvalue weighted by molar-refractivity contribution is 0.237. The minimum absolute atomic E-state index is 0.121. The number of hydrogen-bond donors (Lipinski definition) is 2. The van der Waals surface area contributed by atoms with Gasteiger partial charge in [-0.2, -0.15) is 0 Å². The Labute approximate surface area is 146 Å². The molecule has 0 bridgehead atoms. The highest BCUT2D eigenvalue weighted by atomic mass is 35.5. The summed E-state index contributed by atoms with van der Waals surface area (Å²) in [5, 5.41) is 6.57. The molecule has 2 heterocycles. The molecule has 1 aromatic heterocycles. The van der Waals surface area contributed by atoms with Gasteiger partial charge in [-0.1, -0.05) is 17.7 Å². The van der Waals surface area contributed by atoms with E-state index in [0.717, 1.165) is 35.9 Å². The fourth-order valence-corrected chi connectivity index (χ4v) is 2.98. The Morgan fingerprint density at radius 1 is 1.42 bits per heavy atom. The van der Waals surface area contributed by atoms with Gasteiger partial charge >= 0.3 is 6.03 Å². The molecule has 2 N–H and O–H groups in total. The molecule has 1 aliphatic rings. The molecular formula is C17H20ClN5O. The van der Waals surface area contributed by atoms with Crippen LogP contribution in [0.5, 0.6) is 0 Å². The molecule has 1 saturated heterocycles. The molecule has 1 aliphatic heterocycles. The van der Waals surface area contributed by atoms with Crippen LogP contribution in [0.25, 0.3) is 0 Å². The van der Waals surface area contributed by atoms with E-state index in [-0.39, 0.29) is 12.1 Å². The zero-order chi connectivity index (χ0) is 16.9. The molecule has 0 saturated carbocycles. The van der Waals surface area contributed by atoms with Crippen molar-refractivity contribution in [3.63, 3.8) is 0 Å². The maximum atomic E-state index is 12.0. The van der Waals surface area contributed by atoms with Crippen molar-refractivity contribution in [1.82, 2.24) is 20.6 Å². The lowest BCUT2D eigenvalue weighted by Crippen LogP contribution is -2.43. The standard InChI is InChI=1S/C17H20ClN5O/c1-12-19-7-5-14(21-12)10-20-17(24)22-15-6-8-23(11-15)16-4-2-3-13(18)9-16/h2-5,7,9,15H,6,8,10-11H2,1H3,(H2,20,22,24)/t15-/m1/s1. The number of aryl methyl sites for hydroxylation is 1. The molecule has 24 heavy (non-hydrogen) atoms. The highest BCUT2D eigenvalue weighted by Gasteiger charge is 2.24. The van der Waals surface area contributed by atoms with E-state index < -0.39 is 0 Å². The van der Waals surface area contributed by atoms with Gasteiger partial charge in [0.1, 0.15) is 5.82 Å². The summed E-state index contributed by atoms with van der Waals surface area (Å²) in [5.74, 6) is 0.697. The van der Waals surface area contributed by atoms with E-state index in [2.05, 4.69) is 25.5 Å². The first-order valence-electron chi connectivity index (χ1n) is 7.93. The first kappa shape index (κ1) is 16.5. The van der Waals surface area contributed by atoms with Crippen LogP contribution in [0.2, 0.25) is 5.02 Å². The van der Waals surface area contributed by atoms with Crippen molar-refractivity contribution in [2.45, 2.75) is 25.9 Å². The Morgan fingerprint density at radius 3 is 3.08 bits per heavy atom. The number of hydrogen-bond acceptors (Lipinski definition) is 4. The van der Waals surface area contributed by atoms with Crippen molar-refractivity contribution in [3.8, 4) is 0 Å². The first-order chi connectivity index (χ1) is 11.6. The van der Waals surface area contributed by atoms with Gasteiger partial charge in [0.25, 0.3) is 0 Å². The van der Waals surface area contributed by atoms with Crippen molar-refractivity contribution in [3.05, 3.63) is 53.1 Å². The van der Waals surface area contributed by atoms with Crippen LogP contribution in [0, 0.1) is 6.92 Å². The summed E-state index contributed by atoms with van der Waals surface area (Å²) in [7, 11) is 0. The van der Waals surface area contributed by atoms with Crippen LogP contribution in [-0.4, -0.2) is 35.1 Å². The van der Waals surface area contributed by atoms with Crippen molar-refractivity contribution in [1.29, 1.82) is 0 Å². The number of anilines is 1. The number of halogens is 1. The molecule has 7 heteroatoms. The van der Waals surface area contributed by atoms with Gasteiger partial charge in [-0.3, -0.25) is 0 Å². The smallest absolute Gasteiger partial charge is 0.315 e. The monoisotopic (exact) mass is 345 g/mol. The van der Waals surface area contributed by atoms with Gasteiger partial charge in [-0.25, -0.2) is 14.8 Å². The van der Waals surface area contributed by atoms with Crippen molar-refractivity contribution in [2.75, 3.05) is 18.0 Å². The number of amides is 2. The third-order valence-corrected chi connectivity index (χ3v) is 4.20. The quantitative estimate of drug-likeness (QED) is 0.893. The average molecular weight is 346 g/mol. The summed E-state index contributed by atoms with van der Waals surface area (Å²) in [6.45, 7) is 3.89. The summed E-state index contributed by atoms with van der Waals surface area (Å²) >= 11 is 6.04. The van der Waals surface area contributed by atoms with Gasteiger partial charge in [-0.05, 0) is 37.6 Å². The van der Waals surface area contributed by atoms with Gasteiger partial charge in [0.15, 0.2) is 0 Å². The maximum Gasteiger partial charge on any atom is 0.315 e. The van der Waals surface area contributed by atoms with Crippen LogP contribution in [0.3, 0.4) is 0 Å². The van der Waals surface area contributed by atoms with Crippen LogP contribution in [0.1, 0.15) is 17.9 Å².